The van der Waals surface area contributed by atoms with Crippen molar-refractivity contribution in [3.63, 3.8) is 0 Å². The van der Waals surface area contributed by atoms with Gasteiger partial charge in [-0.1, -0.05) is 32.9 Å². The van der Waals surface area contributed by atoms with Crippen LogP contribution in [0.2, 0.25) is 0 Å². The molecular formula is C17H29NO2. The van der Waals surface area contributed by atoms with Crippen LogP contribution in [0.25, 0.3) is 0 Å². The van der Waals surface area contributed by atoms with E-state index >= 15 is 0 Å². The summed E-state index contributed by atoms with van der Waals surface area (Å²) >= 11 is 0. The number of hydrogen-bond donors (Lipinski definition) is 1. The zero-order chi connectivity index (χ0) is 15.0. The van der Waals surface area contributed by atoms with Crippen molar-refractivity contribution < 1.29 is 9.47 Å². The lowest BCUT2D eigenvalue weighted by Crippen LogP contribution is -2.27. The quantitative estimate of drug-likeness (QED) is 0.746. The van der Waals surface area contributed by atoms with Gasteiger partial charge in [0.05, 0.1) is 25.9 Å². The lowest BCUT2D eigenvalue weighted by atomic mass is 10.1. The van der Waals surface area contributed by atoms with Gasteiger partial charge in [-0.15, -0.1) is 0 Å². The molecule has 0 radical (unpaired) electrons. The average molecular weight is 279 g/mol. The van der Waals surface area contributed by atoms with Gasteiger partial charge in [0.15, 0.2) is 0 Å². The minimum atomic E-state index is 0.213. The molecule has 0 amide bonds. The number of hydrogen-bond acceptors (Lipinski definition) is 3. The van der Waals surface area contributed by atoms with Crippen molar-refractivity contribution >= 4 is 0 Å². The van der Waals surface area contributed by atoms with E-state index in [1.807, 2.05) is 12.1 Å². The first-order chi connectivity index (χ1) is 9.56. The summed E-state index contributed by atoms with van der Waals surface area (Å²) in [4.78, 5) is 0. The van der Waals surface area contributed by atoms with E-state index in [2.05, 4.69) is 45.1 Å². The van der Waals surface area contributed by atoms with Gasteiger partial charge >= 0.3 is 0 Å². The summed E-state index contributed by atoms with van der Waals surface area (Å²) in [6.07, 6.45) is 1.39. The highest BCUT2D eigenvalue weighted by Crippen LogP contribution is 2.20. The molecule has 0 saturated carbocycles. The number of benzene rings is 1. The van der Waals surface area contributed by atoms with Crippen molar-refractivity contribution in [2.24, 2.45) is 5.92 Å². The summed E-state index contributed by atoms with van der Waals surface area (Å²) in [6.45, 7) is 10.3. The van der Waals surface area contributed by atoms with E-state index in [-0.39, 0.29) is 6.04 Å². The molecule has 0 aliphatic heterocycles. The van der Waals surface area contributed by atoms with Crippen molar-refractivity contribution in [2.75, 3.05) is 20.3 Å². The summed E-state index contributed by atoms with van der Waals surface area (Å²) in [7, 11) is 1.70. The van der Waals surface area contributed by atoms with E-state index in [9.17, 15) is 0 Å². The standard InChI is InChI=1S/C17H29NO2/c1-6-18-17(12-20-14(4)10-13(2)3)15-8-7-9-16(11-15)19-5/h7-9,11,13-14,17-18H,6,10,12H2,1-5H3. The van der Waals surface area contributed by atoms with Gasteiger partial charge in [-0.05, 0) is 43.5 Å². The smallest absolute Gasteiger partial charge is 0.119 e. The summed E-state index contributed by atoms with van der Waals surface area (Å²) in [5.41, 5.74) is 1.21. The van der Waals surface area contributed by atoms with Gasteiger partial charge in [-0.2, -0.15) is 0 Å². The Bertz CT molecular complexity index is 379. The van der Waals surface area contributed by atoms with Gasteiger partial charge in [0.2, 0.25) is 0 Å². The minimum absolute atomic E-state index is 0.213. The molecule has 3 heteroatoms. The first-order valence-electron chi connectivity index (χ1n) is 7.55. The lowest BCUT2D eigenvalue weighted by Gasteiger charge is -2.22. The Morgan fingerprint density at radius 3 is 2.55 bits per heavy atom. The number of rotatable bonds is 9. The average Bonchev–Trinajstić information content (AvgIpc) is 2.42. The number of likely N-dealkylation sites (N-methyl/N-ethyl adjacent to an activating group) is 1. The Labute approximate surface area is 123 Å². The van der Waals surface area contributed by atoms with E-state index in [1.54, 1.807) is 7.11 Å². The molecule has 0 saturated heterocycles. The summed E-state index contributed by atoms with van der Waals surface area (Å²) in [5.74, 6) is 1.56. The second kappa shape index (κ2) is 8.98. The van der Waals surface area contributed by atoms with Crippen LogP contribution in [0.1, 0.15) is 45.7 Å². The first kappa shape index (κ1) is 17.0. The van der Waals surface area contributed by atoms with Crippen LogP contribution in [-0.2, 0) is 4.74 Å². The third-order valence-electron chi connectivity index (χ3n) is 3.30. The Morgan fingerprint density at radius 1 is 1.20 bits per heavy atom. The van der Waals surface area contributed by atoms with E-state index in [0.29, 0.717) is 18.6 Å². The molecule has 0 aliphatic rings. The Morgan fingerprint density at radius 2 is 1.95 bits per heavy atom. The molecule has 20 heavy (non-hydrogen) atoms. The maximum absolute atomic E-state index is 5.99. The molecule has 1 aromatic rings. The number of nitrogens with one attached hydrogen (secondary N) is 1. The minimum Gasteiger partial charge on any atom is -0.497 e. The molecule has 2 unspecified atom stereocenters. The van der Waals surface area contributed by atoms with E-state index in [1.165, 1.54) is 5.56 Å². The SMILES string of the molecule is CCNC(COC(C)CC(C)C)c1cccc(OC)c1. The number of ether oxygens (including phenoxy) is 2. The molecule has 1 N–H and O–H groups in total. The van der Waals surface area contributed by atoms with Crippen molar-refractivity contribution in [2.45, 2.75) is 46.3 Å². The second-order valence-electron chi connectivity index (χ2n) is 5.66. The molecule has 0 bridgehead atoms. The molecule has 0 spiro atoms. The van der Waals surface area contributed by atoms with Crippen LogP contribution in [0, 0.1) is 5.92 Å². The molecular weight excluding hydrogens is 250 g/mol. The molecule has 0 heterocycles. The van der Waals surface area contributed by atoms with Gasteiger partial charge in [-0.25, -0.2) is 0 Å². The molecule has 0 fully saturated rings. The third kappa shape index (κ3) is 5.93. The van der Waals surface area contributed by atoms with Gasteiger partial charge in [0.25, 0.3) is 0 Å². The van der Waals surface area contributed by atoms with Crippen LogP contribution in [0.5, 0.6) is 5.75 Å². The fraction of sp³-hybridized carbons (Fsp3) is 0.647. The molecule has 0 aromatic heterocycles. The van der Waals surface area contributed by atoms with Crippen molar-refractivity contribution in [1.82, 2.24) is 5.32 Å². The maximum Gasteiger partial charge on any atom is 0.119 e. The Hall–Kier alpha value is -1.06. The van der Waals surface area contributed by atoms with Gasteiger partial charge in [0.1, 0.15) is 5.75 Å². The highest BCUT2D eigenvalue weighted by atomic mass is 16.5. The summed E-state index contributed by atoms with van der Waals surface area (Å²) in [6, 6.07) is 8.39. The highest BCUT2D eigenvalue weighted by Gasteiger charge is 2.14. The van der Waals surface area contributed by atoms with Crippen LogP contribution in [0.15, 0.2) is 24.3 Å². The van der Waals surface area contributed by atoms with Crippen LogP contribution < -0.4 is 10.1 Å². The summed E-state index contributed by atoms with van der Waals surface area (Å²) in [5, 5.41) is 3.48. The fourth-order valence-corrected chi connectivity index (χ4v) is 2.37. The molecule has 1 rings (SSSR count). The molecule has 1 aromatic carbocycles. The maximum atomic E-state index is 5.99. The predicted molar refractivity (Wildman–Crippen MR) is 84.3 cm³/mol. The van der Waals surface area contributed by atoms with Gasteiger partial charge < -0.3 is 14.8 Å². The zero-order valence-electron chi connectivity index (χ0n) is 13.5. The van der Waals surface area contributed by atoms with Crippen LogP contribution in [-0.4, -0.2) is 26.4 Å². The lowest BCUT2D eigenvalue weighted by molar-refractivity contribution is 0.0373. The fourth-order valence-electron chi connectivity index (χ4n) is 2.37. The number of methoxy groups -OCH3 is 1. The monoisotopic (exact) mass is 279 g/mol. The van der Waals surface area contributed by atoms with Crippen LogP contribution in [0.4, 0.5) is 0 Å². The van der Waals surface area contributed by atoms with E-state index in [0.717, 1.165) is 18.7 Å². The van der Waals surface area contributed by atoms with Crippen LogP contribution >= 0.6 is 0 Å². The zero-order valence-corrected chi connectivity index (χ0v) is 13.5. The van der Waals surface area contributed by atoms with Gasteiger partial charge in [-0.3, -0.25) is 0 Å². The predicted octanol–water partition coefficient (Wildman–Crippen LogP) is 3.80. The Kier molecular flexibility index (Phi) is 7.63. The van der Waals surface area contributed by atoms with Crippen molar-refractivity contribution in [3.05, 3.63) is 29.8 Å². The van der Waals surface area contributed by atoms with Gasteiger partial charge in [0, 0.05) is 0 Å². The molecule has 114 valence electrons. The molecule has 3 nitrogen and oxygen atoms in total. The molecule has 2 atom stereocenters. The van der Waals surface area contributed by atoms with Crippen molar-refractivity contribution in [1.29, 1.82) is 0 Å². The second-order valence-corrected chi connectivity index (χ2v) is 5.66. The third-order valence-corrected chi connectivity index (χ3v) is 3.30. The topological polar surface area (TPSA) is 30.5 Å². The normalized spacial score (nSPS) is 14.3. The Balaban J connectivity index is 2.63. The first-order valence-corrected chi connectivity index (χ1v) is 7.55. The largest absolute Gasteiger partial charge is 0.497 e. The van der Waals surface area contributed by atoms with E-state index in [4.69, 9.17) is 9.47 Å². The van der Waals surface area contributed by atoms with E-state index < -0.39 is 0 Å². The highest BCUT2D eigenvalue weighted by molar-refractivity contribution is 5.30. The summed E-state index contributed by atoms with van der Waals surface area (Å²) < 4.78 is 11.3. The van der Waals surface area contributed by atoms with Crippen LogP contribution in [0.3, 0.4) is 0 Å². The van der Waals surface area contributed by atoms with Crippen molar-refractivity contribution in [3.8, 4) is 5.75 Å². The molecule has 0 aliphatic carbocycles.